The molecule has 8 nitrogen and oxygen atoms in total. The highest BCUT2D eigenvalue weighted by atomic mass is 19.1. The molecule has 0 bridgehead atoms. The number of nitrogens with one attached hydrogen (secondary N) is 2. The second-order valence-electron chi connectivity index (χ2n) is 6.74. The molecule has 2 aliphatic rings. The van der Waals surface area contributed by atoms with Crippen molar-refractivity contribution in [1.82, 2.24) is 14.9 Å². The molecule has 2 aliphatic heterocycles. The molecule has 1 aromatic heterocycles. The van der Waals surface area contributed by atoms with Crippen LogP contribution >= 0.6 is 0 Å². The summed E-state index contributed by atoms with van der Waals surface area (Å²) in [5, 5.41) is 0. The van der Waals surface area contributed by atoms with E-state index in [-0.39, 0.29) is 24.1 Å². The monoisotopic (exact) mass is 377 g/mol. The van der Waals surface area contributed by atoms with Crippen LogP contribution in [0.15, 0.2) is 39.9 Å². The van der Waals surface area contributed by atoms with Gasteiger partial charge in [0.15, 0.2) is 0 Å². The highest BCUT2D eigenvalue weighted by Gasteiger charge is 2.37. The van der Waals surface area contributed by atoms with Crippen molar-refractivity contribution in [3.63, 3.8) is 0 Å². The maximum absolute atomic E-state index is 13.0. The van der Waals surface area contributed by atoms with Crippen LogP contribution in [0.25, 0.3) is 0 Å². The fraction of sp³-hybridized carbons (Fsp3) is 0.444. The molecule has 9 heteroatoms. The number of hydrogen-bond donors (Lipinski definition) is 2. The summed E-state index contributed by atoms with van der Waals surface area (Å²) >= 11 is 0. The topological polar surface area (TPSA) is 96.7 Å². The van der Waals surface area contributed by atoms with Crippen molar-refractivity contribution in [3.05, 3.63) is 62.7 Å². The van der Waals surface area contributed by atoms with E-state index in [0.717, 1.165) is 0 Å². The summed E-state index contributed by atoms with van der Waals surface area (Å²) in [6.45, 7) is 2.43. The summed E-state index contributed by atoms with van der Waals surface area (Å²) in [4.78, 5) is 29.6. The number of aromatic amines is 2. The molecular formula is C18H20FN3O5. The first-order valence-corrected chi connectivity index (χ1v) is 8.75. The molecule has 0 aliphatic carbocycles. The fourth-order valence-electron chi connectivity index (χ4n) is 3.40. The fourth-order valence-corrected chi connectivity index (χ4v) is 3.40. The van der Waals surface area contributed by atoms with Gasteiger partial charge in [0.25, 0.3) is 5.56 Å². The smallest absolute Gasteiger partial charge is 0.325 e. The van der Waals surface area contributed by atoms with Crippen LogP contribution in [0.1, 0.15) is 5.69 Å². The molecule has 4 rings (SSSR count). The van der Waals surface area contributed by atoms with Crippen molar-refractivity contribution in [3.8, 4) is 5.75 Å². The highest BCUT2D eigenvalue weighted by molar-refractivity contribution is 5.22. The van der Waals surface area contributed by atoms with Crippen molar-refractivity contribution >= 4 is 0 Å². The number of H-pyrrole nitrogens is 2. The van der Waals surface area contributed by atoms with E-state index in [1.807, 2.05) is 0 Å². The van der Waals surface area contributed by atoms with E-state index < -0.39 is 11.2 Å². The average Bonchev–Trinajstić information content (AvgIpc) is 2.90. The largest absolute Gasteiger partial charge is 0.486 e. The second-order valence-corrected chi connectivity index (χ2v) is 6.74. The molecule has 0 saturated carbocycles. The van der Waals surface area contributed by atoms with Gasteiger partial charge in [-0.05, 0) is 24.3 Å². The molecule has 144 valence electrons. The first-order chi connectivity index (χ1) is 13.0. The van der Waals surface area contributed by atoms with Gasteiger partial charge in [-0.1, -0.05) is 0 Å². The number of likely N-dealkylation sites (tertiary alicyclic amines) is 1. The van der Waals surface area contributed by atoms with Gasteiger partial charge in [0.05, 0.1) is 25.4 Å². The number of nitrogens with zero attached hydrogens (tertiary/aromatic N) is 1. The zero-order valence-corrected chi connectivity index (χ0v) is 14.5. The Labute approximate surface area is 153 Å². The van der Waals surface area contributed by atoms with Gasteiger partial charge >= 0.3 is 5.69 Å². The Balaban J connectivity index is 1.33. The molecule has 0 spiro atoms. The number of fused-ring (bicyclic) bond motifs is 1. The lowest BCUT2D eigenvalue weighted by molar-refractivity contribution is -0.00461. The van der Waals surface area contributed by atoms with Crippen LogP contribution in [0, 0.1) is 5.82 Å². The number of benzene rings is 1. The van der Waals surface area contributed by atoms with Crippen LogP contribution in [-0.2, 0) is 16.0 Å². The summed E-state index contributed by atoms with van der Waals surface area (Å²) in [6, 6.07) is 7.22. The molecule has 2 aromatic rings. The van der Waals surface area contributed by atoms with Crippen molar-refractivity contribution < 1.29 is 18.6 Å². The predicted molar refractivity (Wildman–Crippen MR) is 93.3 cm³/mol. The van der Waals surface area contributed by atoms with E-state index in [4.69, 9.17) is 14.2 Å². The first-order valence-electron chi connectivity index (χ1n) is 8.75. The Kier molecular flexibility index (Phi) is 5.06. The number of hydrogen-bond acceptors (Lipinski definition) is 6. The van der Waals surface area contributed by atoms with Crippen LogP contribution in [0.5, 0.6) is 5.75 Å². The van der Waals surface area contributed by atoms with Crippen LogP contribution in [0.4, 0.5) is 4.39 Å². The summed E-state index contributed by atoms with van der Waals surface area (Å²) in [7, 11) is 0. The lowest BCUT2D eigenvalue weighted by atomic mass is 10.3. The van der Waals surface area contributed by atoms with E-state index >= 15 is 0 Å². The summed E-state index contributed by atoms with van der Waals surface area (Å²) in [5.41, 5.74) is -0.382. The minimum Gasteiger partial charge on any atom is -0.486 e. The Bertz CT molecular complexity index is 853. The van der Waals surface area contributed by atoms with Gasteiger partial charge in [0, 0.05) is 31.4 Å². The summed E-state index contributed by atoms with van der Waals surface area (Å²) < 4.78 is 30.7. The summed E-state index contributed by atoms with van der Waals surface area (Å²) in [5.74, 6) is 0.257. The lowest BCUT2D eigenvalue weighted by Gasteiger charge is -2.19. The molecule has 2 saturated heterocycles. The zero-order chi connectivity index (χ0) is 18.8. The Hall–Kier alpha value is -2.49. The third kappa shape index (κ3) is 4.44. The maximum atomic E-state index is 13.0. The van der Waals surface area contributed by atoms with Crippen molar-refractivity contribution in [2.75, 3.05) is 26.3 Å². The van der Waals surface area contributed by atoms with Gasteiger partial charge in [0.2, 0.25) is 0 Å². The van der Waals surface area contributed by atoms with E-state index in [2.05, 4.69) is 14.9 Å². The van der Waals surface area contributed by atoms with Crippen LogP contribution in [-0.4, -0.2) is 59.5 Å². The molecular weight excluding hydrogens is 357 g/mol. The van der Waals surface area contributed by atoms with Crippen molar-refractivity contribution in [2.24, 2.45) is 0 Å². The number of halogens is 1. The minimum atomic E-state index is -0.515. The Morgan fingerprint density at radius 2 is 1.74 bits per heavy atom. The van der Waals surface area contributed by atoms with E-state index in [1.165, 1.54) is 18.2 Å². The van der Waals surface area contributed by atoms with Gasteiger partial charge in [-0.3, -0.25) is 14.7 Å². The Morgan fingerprint density at radius 3 is 2.37 bits per heavy atom. The second kappa shape index (κ2) is 7.63. The standard InChI is InChI=1S/C18H20FN3O5/c19-11-1-3-13(4-2-11)27-14-9-25-15-7-22(8-16(15)26-10-14)6-12-5-17(23)21-18(24)20-12/h1-5,14-16H,6-10H2,(H2,20,21,23,24)/t15-,16-/m0/s1. The molecule has 3 heterocycles. The maximum Gasteiger partial charge on any atom is 0.325 e. The molecule has 27 heavy (non-hydrogen) atoms. The molecule has 0 unspecified atom stereocenters. The van der Waals surface area contributed by atoms with Gasteiger partial charge in [-0.15, -0.1) is 0 Å². The van der Waals surface area contributed by atoms with E-state index in [9.17, 15) is 14.0 Å². The van der Waals surface area contributed by atoms with Crippen molar-refractivity contribution in [1.29, 1.82) is 0 Å². The quantitative estimate of drug-likeness (QED) is 0.793. The molecule has 0 radical (unpaired) electrons. The average molecular weight is 377 g/mol. The number of rotatable bonds is 4. The van der Waals surface area contributed by atoms with Crippen molar-refractivity contribution in [2.45, 2.75) is 24.9 Å². The van der Waals surface area contributed by atoms with E-state index in [0.29, 0.717) is 44.3 Å². The first kappa shape index (κ1) is 17.9. The van der Waals surface area contributed by atoms with Crippen LogP contribution < -0.4 is 16.0 Å². The number of ether oxygens (including phenoxy) is 3. The number of aromatic nitrogens is 2. The third-order valence-electron chi connectivity index (χ3n) is 4.61. The highest BCUT2D eigenvalue weighted by Crippen LogP contribution is 2.23. The predicted octanol–water partition coefficient (Wildman–Crippen LogP) is 0.249. The summed E-state index contributed by atoms with van der Waals surface area (Å²) in [6.07, 6.45) is -0.486. The third-order valence-corrected chi connectivity index (χ3v) is 4.61. The van der Waals surface area contributed by atoms with Gasteiger partial charge in [-0.25, -0.2) is 9.18 Å². The zero-order valence-electron chi connectivity index (χ0n) is 14.5. The molecule has 2 N–H and O–H groups in total. The Morgan fingerprint density at radius 1 is 1.07 bits per heavy atom. The minimum absolute atomic E-state index is 0.111. The SMILES string of the molecule is O=c1cc(CN2C[C@@H]3OCC(Oc4ccc(F)cc4)CO[C@H]3C2)[nH]c(=O)[nH]1. The van der Waals surface area contributed by atoms with Crippen LogP contribution in [0.3, 0.4) is 0 Å². The molecule has 1 aromatic carbocycles. The van der Waals surface area contributed by atoms with Crippen LogP contribution in [0.2, 0.25) is 0 Å². The van der Waals surface area contributed by atoms with E-state index in [1.54, 1.807) is 12.1 Å². The van der Waals surface area contributed by atoms with Gasteiger partial charge in [-0.2, -0.15) is 0 Å². The normalized spacial score (nSPS) is 23.7. The van der Waals surface area contributed by atoms with Gasteiger partial charge in [0.1, 0.15) is 17.7 Å². The lowest BCUT2D eigenvalue weighted by Crippen LogP contribution is -2.31. The van der Waals surface area contributed by atoms with Gasteiger partial charge < -0.3 is 19.2 Å². The molecule has 2 fully saturated rings. The molecule has 2 atom stereocenters. The molecule has 0 amide bonds.